The zero-order chi connectivity index (χ0) is 18.8. The number of nitrogens with one attached hydrogen (secondary N) is 2. The predicted molar refractivity (Wildman–Crippen MR) is 105 cm³/mol. The van der Waals surface area contributed by atoms with E-state index in [2.05, 4.69) is 11.4 Å². The standard InChI is InChI=1S/C20H20Cl2N2O3/c21-14-3-1-4-15(22)20(14)23-19(25)12-24-8-2-5-16(24)13-6-7-17-18(11-13)27-10-9-26-17/h1,3-4,6-7,11,16H,2,5,8-10,12H2,(H,23,25)/p+1/t16-/m1/s1. The number of para-hydroxylation sites is 1. The van der Waals surface area contributed by atoms with Crippen molar-refractivity contribution in [1.82, 2.24) is 0 Å². The maximum absolute atomic E-state index is 12.6. The molecule has 1 saturated heterocycles. The average molecular weight is 408 g/mol. The molecule has 7 heteroatoms. The highest BCUT2D eigenvalue weighted by molar-refractivity contribution is 6.39. The van der Waals surface area contributed by atoms with E-state index in [-0.39, 0.29) is 11.9 Å². The van der Waals surface area contributed by atoms with Crippen LogP contribution in [0.1, 0.15) is 24.4 Å². The van der Waals surface area contributed by atoms with Crippen LogP contribution in [0.4, 0.5) is 5.69 Å². The molecule has 1 fully saturated rings. The molecular formula is C20H21Cl2N2O3+. The molecular weight excluding hydrogens is 387 g/mol. The Kier molecular flexibility index (Phi) is 5.43. The SMILES string of the molecule is O=C(C[NH+]1CCC[C@@H]1c1ccc2c(c1)OCCO2)Nc1c(Cl)cccc1Cl. The van der Waals surface area contributed by atoms with Gasteiger partial charge in [-0.25, -0.2) is 0 Å². The molecule has 2 aliphatic rings. The maximum atomic E-state index is 12.6. The van der Waals surface area contributed by atoms with Crippen molar-refractivity contribution >= 4 is 34.8 Å². The van der Waals surface area contributed by atoms with Gasteiger partial charge in [0.1, 0.15) is 19.3 Å². The van der Waals surface area contributed by atoms with Crippen molar-refractivity contribution in [3.05, 3.63) is 52.0 Å². The number of ether oxygens (including phenoxy) is 2. The van der Waals surface area contributed by atoms with Gasteiger partial charge in [-0.1, -0.05) is 29.3 Å². The van der Waals surface area contributed by atoms with Crippen molar-refractivity contribution < 1.29 is 19.2 Å². The predicted octanol–water partition coefficient (Wildman–Crippen LogP) is 3.12. The normalized spacial score (nSPS) is 21.1. The van der Waals surface area contributed by atoms with Crippen LogP contribution < -0.4 is 19.7 Å². The van der Waals surface area contributed by atoms with E-state index in [4.69, 9.17) is 32.7 Å². The molecule has 0 saturated carbocycles. The second kappa shape index (κ2) is 7.97. The third kappa shape index (κ3) is 4.00. The summed E-state index contributed by atoms with van der Waals surface area (Å²) in [4.78, 5) is 13.8. The summed E-state index contributed by atoms with van der Waals surface area (Å²) in [6.45, 7) is 2.46. The quantitative estimate of drug-likeness (QED) is 0.818. The third-order valence-corrected chi connectivity index (χ3v) is 5.70. The minimum Gasteiger partial charge on any atom is -0.486 e. The molecule has 27 heavy (non-hydrogen) atoms. The van der Waals surface area contributed by atoms with Crippen LogP contribution >= 0.6 is 23.2 Å². The smallest absolute Gasteiger partial charge is 0.279 e. The van der Waals surface area contributed by atoms with Crippen molar-refractivity contribution in [1.29, 1.82) is 0 Å². The van der Waals surface area contributed by atoms with Crippen LogP contribution in [0.25, 0.3) is 0 Å². The fourth-order valence-electron chi connectivity index (χ4n) is 3.81. The Balaban J connectivity index is 1.46. The summed E-state index contributed by atoms with van der Waals surface area (Å²) in [6.07, 6.45) is 2.11. The van der Waals surface area contributed by atoms with Crippen molar-refractivity contribution in [2.75, 3.05) is 31.6 Å². The number of anilines is 1. The summed E-state index contributed by atoms with van der Waals surface area (Å²) in [5.74, 6) is 1.48. The van der Waals surface area contributed by atoms with Gasteiger partial charge in [-0.05, 0) is 30.3 Å². The molecule has 0 radical (unpaired) electrons. The summed E-state index contributed by atoms with van der Waals surface area (Å²) in [7, 11) is 0. The Morgan fingerprint density at radius 2 is 1.85 bits per heavy atom. The van der Waals surface area contributed by atoms with Crippen LogP contribution in [-0.4, -0.2) is 32.2 Å². The van der Waals surface area contributed by atoms with Gasteiger partial charge < -0.3 is 19.7 Å². The van der Waals surface area contributed by atoms with Gasteiger partial charge in [-0.3, -0.25) is 4.79 Å². The second-order valence-electron chi connectivity index (χ2n) is 6.83. The van der Waals surface area contributed by atoms with Crippen LogP contribution in [0, 0.1) is 0 Å². The number of hydrogen-bond donors (Lipinski definition) is 2. The summed E-state index contributed by atoms with van der Waals surface area (Å²) in [5.41, 5.74) is 1.65. The van der Waals surface area contributed by atoms with E-state index >= 15 is 0 Å². The molecule has 2 atom stereocenters. The lowest BCUT2D eigenvalue weighted by molar-refractivity contribution is -0.910. The molecule has 2 aromatic carbocycles. The highest BCUT2D eigenvalue weighted by Gasteiger charge is 2.32. The lowest BCUT2D eigenvalue weighted by atomic mass is 10.0. The number of likely N-dealkylation sites (tertiary alicyclic amines) is 1. The van der Waals surface area contributed by atoms with Gasteiger partial charge >= 0.3 is 0 Å². The van der Waals surface area contributed by atoms with Crippen molar-refractivity contribution in [2.45, 2.75) is 18.9 Å². The summed E-state index contributed by atoms with van der Waals surface area (Å²) in [6, 6.07) is 11.5. The van der Waals surface area contributed by atoms with E-state index in [1.54, 1.807) is 18.2 Å². The number of halogens is 2. The van der Waals surface area contributed by atoms with Gasteiger partial charge in [0.05, 0.1) is 22.3 Å². The highest BCUT2D eigenvalue weighted by atomic mass is 35.5. The molecule has 1 unspecified atom stereocenters. The first-order chi connectivity index (χ1) is 13.1. The van der Waals surface area contributed by atoms with Gasteiger partial charge in [0.2, 0.25) is 0 Å². The Morgan fingerprint density at radius 1 is 1.11 bits per heavy atom. The fourth-order valence-corrected chi connectivity index (χ4v) is 4.30. The van der Waals surface area contributed by atoms with E-state index in [9.17, 15) is 4.79 Å². The van der Waals surface area contributed by atoms with Gasteiger partial charge in [0.25, 0.3) is 5.91 Å². The van der Waals surface area contributed by atoms with Crippen LogP contribution in [-0.2, 0) is 4.79 Å². The number of quaternary nitrogens is 1. The second-order valence-corrected chi connectivity index (χ2v) is 7.64. The van der Waals surface area contributed by atoms with Crippen molar-refractivity contribution in [2.24, 2.45) is 0 Å². The molecule has 5 nitrogen and oxygen atoms in total. The fraction of sp³-hybridized carbons (Fsp3) is 0.350. The zero-order valence-corrected chi connectivity index (χ0v) is 16.3. The van der Waals surface area contributed by atoms with Crippen LogP contribution in [0.15, 0.2) is 36.4 Å². The van der Waals surface area contributed by atoms with E-state index in [0.717, 1.165) is 30.9 Å². The molecule has 2 heterocycles. The third-order valence-electron chi connectivity index (χ3n) is 5.07. The first-order valence-electron chi connectivity index (χ1n) is 9.10. The van der Waals surface area contributed by atoms with Crippen molar-refractivity contribution in [3.63, 3.8) is 0 Å². The summed E-state index contributed by atoms with van der Waals surface area (Å²) in [5, 5.41) is 3.74. The summed E-state index contributed by atoms with van der Waals surface area (Å²) < 4.78 is 11.3. The molecule has 1 amide bonds. The number of carbonyl (C=O) groups is 1. The number of amides is 1. The van der Waals surface area contributed by atoms with E-state index in [1.807, 2.05) is 12.1 Å². The van der Waals surface area contributed by atoms with Crippen LogP contribution in [0.5, 0.6) is 11.5 Å². The molecule has 2 aromatic rings. The van der Waals surface area contributed by atoms with Gasteiger partial charge in [-0.2, -0.15) is 0 Å². The highest BCUT2D eigenvalue weighted by Crippen LogP contribution is 2.33. The Labute approximate surface area is 168 Å². The lowest BCUT2D eigenvalue weighted by Crippen LogP contribution is -3.11. The molecule has 2 N–H and O–H groups in total. The first-order valence-corrected chi connectivity index (χ1v) is 9.85. The lowest BCUT2D eigenvalue weighted by Gasteiger charge is -2.24. The molecule has 0 bridgehead atoms. The number of fused-ring (bicyclic) bond motifs is 1. The number of benzene rings is 2. The minimum atomic E-state index is -0.0931. The molecule has 142 valence electrons. The Hall–Kier alpha value is -1.95. The van der Waals surface area contributed by atoms with Crippen molar-refractivity contribution in [3.8, 4) is 11.5 Å². The van der Waals surface area contributed by atoms with Crippen LogP contribution in [0.2, 0.25) is 10.0 Å². The Bertz CT molecular complexity index is 839. The zero-order valence-electron chi connectivity index (χ0n) is 14.8. The van der Waals surface area contributed by atoms with Crippen LogP contribution in [0.3, 0.4) is 0 Å². The van der Waals surface area contributed by atoms with Gasteiger partial charge in [0, 0.05) is 18.4 Å². The molecule has 0 aromatic heterocycles. The summed E-state index contributed by atoms with van der Waals surface area (Å²) >= 11 is 12.3. The van der Waals surface area contributed by atoms with Gasteiger partial charge in [-0.15, -0.1) is 0 Å². The van der Waals surface area contributed by atoms with E-state index < -0.39 is 0 Å². The number of carbonyl (C=O) groups excluding carboxylic acids is 1. The maximum Gasteiger partial charge on any atom is 0.279 e. The molecule has 4 rings (SSSR count). The molecule has 2 aliphatic heterocycles. The monoisotopic (exact) mass is 407 g/mol. The van der Waals surface area contributed by atoms with E-state index in [0.29, 0.717) is 35.5 Å². The average Bonchev–Trinajstić information content (AvgIpc) is 3.12. The number of hydrogen-bond acceptors (Lipinski definition) is 3. The number of rotatable bonds is 4. The Morgan fingerprint density at radius 3 is 2.63 bits per heavy atom. The topological polar surface area (TPSA) is 52.0 Å². The minimum absolute atomic E-state index is 0.0931. The molecule has 0 spiro atoms. The largest absolute Gasteiger partial charge is 0.486 e. The van der Waals surface area contributed by atoms with E-state index in [1.165, 1.54) is 10.5 Å². The molecule has 0 aliphatic carbocycles. The first kappa shape index (κ1) is 18.4. The van der Waals surface area contributed by atoms with Gasteiger partial charge in [0.15, 0.2) is 18.0 Å².